The Labute approximate surface area is 151 Å². The number of aryl methyl sites for hydroxylation is 1. The summed E-state index contributed by atoms with van der Waals surface area (Å²) in [4.78, 5) is 12.6. The molecule has 1 atom stereocenters. The highest BCUT2D eigenvalue weighted by atomic mass is 19.3. The summed E-state index contributed by atoms with van der Waals surface area (Å²) in [6.07, 6.45) is -0.714. The molecule has 0 aliphatic heterocycles. The van der Waals surface area contributed by atoms with Crippen LogP contribution in [0, 0.1) is 5.92 Å². The van der Waals surface area contributed by atoms with Crippen LogP contribution >= 0.6 is 0 Å². The zero-order valence-corrected chi connectivity index (χ0v) is 15.6. The van der Waals surface area contributed by atoms with Gasteiger partial charge in [-0.25, -0.2) is 8.78 Å². The first kappa shape index (κ1) is 18.4. The van der Waals surface area contributed by atoms with E-state index in [0.717, 1.165) is 23.3 Å². The Morgan fingerprint density at radius 3 is 2.73 bits per heavy atom. The van der Waals surface area contributed by atoms with Gasteiger partial charge in [0.25, 0.3) is 12.3 Å². The zero-order chi connectivity index (χ0) is 19.2. The van der Waals surface area contributed by atoms with E-state index in [4.69, 9.17) is 4.74 Å². The summed E-state index contributed by atoms with van der Waals surface area (Å²) >= 11 is 0. The number of amides is 1. The van der Waals surface area contributed by atoms with E-state index in [0.29, 0.717) is 11.6 Å². The SMILES string of the molecule is COc1ccc(NC(=O)c2cn(C)nc2C(F)F)c2c1C(C)(C)C(C)C2. The van der Waals surface area contributed by atoms with Gasteiger partial charge in [-0.2, -0.15) is 5.10 Å². The highest BCUT2D eigenvalue weighted by Crippen LogP contribution is 2.49. The summed E-state index contributed by atoms with van der Waals surface area (Å²) in [7, 11) is 3.13. The lowest BCUT2D eigenvalue weighted by Crippen LogP contribution is -2.22. The van der Waals surface area contributed by atoms with E-state index >= 15 is 0 Å². The highest BCUT2D eigenvalue weighted by molar-refractivity contribution is 6.05. The van der Waals surface area contributed by atoms with Crippen LogP contribution in [-0.2, 0) is 18.9 Å². The van der Waals surface area contributed by atoms with Crippen molar-refractivity contribution >= 4 is 11.6 Å². The predicted molar refractivity (Wildman–Crippen MR) is 95.0 cm³/mol. The molecule has 0 fully saturated rings. The van der Waals surface area contributed by atoms with Gasteiger partial charge >= 0.3 is 0 Å². The first-order valence-corrected chi connectivity index (χ1v) is 8.50. The lowest BCUT2D eigenvalue weighted by atomic mass is 9.79. The Morgan fingerprint density at radius 2 is 2.12 bits per heavy atom. The smallest absolute Gasteiger partial charge is 0.282 e. The number of anilines is 1. The van der Waals surface area contributed by atoms with Crippen LogP contribution in [-0.4, -0.2) is 22.8 Å². The van der Waals surface area contributed by atoms with Crippen molar-refractivity contribution in [2.45, 2.75) is 39.0 Å². The first-order chi connectivity index (χ1) is 12.2. The van der Waals surface area contributed by atoms with E-state index in [9.17, 15) is 13.6 Å². The number of carbonyl (C=O) groups is 1. The molecule has 1 aromatic carbocycles. The van der Waals surface area contributed by atoms with Gasteiger partial charge in [0.2, 0.25) is 0 Å². The molecule has 26 heavy (non-hydrogen) atoms. The van der Waals surface area contributed by atoms with Crippen molar-refractivity contribution in [2.75, 3.05) is 12.4 Å². The largest absolute Gasteiger partial charge is 0.496 e. The third-order valence-corrected chi connectivity index (χ3v) is 5.44. The van der Waals surface area contributed by atoms with Crippen molar-refractivity contribution in [1.82, 2.24) is 9.78 Å². The molecule has 1 aliphatic carbocycles. The average Bonchev–Trinajstić information content (AvgIpc) is 3.07. The number of nitrogens with one attached hydrogen (secondary N) is 1. The van der Waals surface area contributed by atoms with Gasteiger partial charge in [0.15, 0.2) is 0 Å². The average molecular weight is 363 g/mol. The highest BCUT2D eigenvalue weighted by Gasteiger charge is 2.40. The molecule has 5 nitrogen and oxygen atoms in total. The zero-order valence-electron chi connectivity index (χ0n) is 15.6. The molecule has 0 radical (unpaired) electrons. The number of hydrogen-bond acceptors (Lipinski definition) is 3. The van der Waals surface area contributed by atoms with Gasteiger partial charge in [0.05, 0.1) is 12.7 Å². The molecular weight excluding hydrogens is 340 g/mol. The van der Waals surface area contributed by atoms with Crippen LogP contribution in [0.25, 0.3) is 0 Å². The van der Waals surface area contributed by atoms with Crippen LogP contribution in [0.2, 0.25) is 0 Å². The summed E-state index contributed by atoms with van der Waals surface area (Å²) in [6.45, 7) is 6.45. The van der Waals surface area contributed by atoms with Crippen LogP contribution in [0.5, 0.6) is 5.75 Å². The third-order valence-electron chi connectivity index (χ3n) is 5.44. The van der Waals surface area contributed by atoms with Crippen LogP contribution in [0.1, 0.15) is 54.4 Å². The van der Waals surface area contributed by atoms with Crippen molar-refractivity contribution < 1.29 is 18.3 Å². The molecule has 1 heterocycles. The quantitative estimate of drug-likeness (QED) is 0.890. The Morgan fingerprint density at radius 1 is 1.42 bits per heavy atom. The van der Waals surface area contributed by atoms with Crippen LogP contribution in [0.4, 0.5) is 14.5 Å². The van der Waals surface area contributed by atoms with Gasteiger partial charge in [0.1, 0.15) is 11.4 Å². The molecule has 1 N–H and O–H groups in total. The van der Waals surface area contributed by atoms with E-state index in [2.05, 4.69) is 31.2 Å². The maximum absolute atomic E-state index is 13.1. The number of methoxy groups -OCH3 is 1. The van der Waals surface area contributed by atoms with Gasteiger partial charge in [-0.15, -0.1) is 0 Å². The second-order valence-corrected chi connectivity index (χ2v) is 7.35. The van der Waals surface area contributed by atoms with E-state index in [1.165, 1.54) is 17.9 Å². The first-order valence-electron chi connectivity index (χ1n) is 8.50. The second kappa shape index (κ2) is 6.37. The maximum Gasteiger partial charge on any atom is 0.282 e. The van der Waals surface area contributed by atoms with E-state index in [1.54, 1.807) is 13.2 Å². The molecule has 1 aromatic heterocycles. The number of fused-ring (bicyclic) bond motifs is 1. The minimum absolute atomic E-state index is 0.107. The van der Waals surface area contributed by atoms with Crippen molar-refractivity contribution in [3.05, 3.63) is 40.7 Å². The molecular formula is C19H23F2N3O2. The van der Waals surface area contributed by atoms with Gasteiger partial charge in [-0.05, 0) is 35.4 Å². The fraction of sp³-hybridized carbons (Fsp3) is 0.474. The Balaban J connectivity index is 2.00. The van der Waals surface area contributed by atoms with Crippen LogP contribution < -0.4 is 10.1 Å². The molecule has 2 aromatic rings. The summed E-state index contributed by atoms with van der Waals surface area (Å²) < 4.78 is 33.0. The molecule has 0 spiro atoms. The number of rotatable bonds is 4. The number of alkyl halides is 2. The Kier molecular flexibility index (Phi) is 4.50. The minimum Gasteiger partial charge on any atom is -0.496 e. The van der Waals surface area contributed by atoms with Gasteiger partial charge in [0, 0.05) is 24.5 Å². The van der Waals surface area contributed by atoms with Crippen LogP contribution in [0.15, 0.2) is 18.3 Å². The number of benzene rings is 1. The number of ether oxygens (including phenoxy) is 1. The van der Waals surface area contributed by atoms with Crippen LogP contribution in [0.3, 0.4) is 0 Å². The van der Waals surface area contributed by atoms with Gasteiger partial charge < -0.3 is 10.1 Å². The summed E-state index contributed by atoms with van der Waals surface area (Å²) in [6, 6.07) is 3.58. The molecule has 7 heteroatoms. The van der Waals surface area contributed by atoms with Crippen molar-refractivity contribution in [3.63, 3.8) is 0 Å². The third kappa shape index (κ3) is 2.85. The fourth-order valence-corrected chi connectivity index (χ4v) is 3.67. The Bertz CT molecular complexity index is 859. The van der Waals surface area contributed by atoms with Gasteiger partial charge in [-0.3, -0.25) is 9.48 Å². The maximum atomic E-state index is 13.1. The number of hydrogen-bond donors (Lipinski definition) is 1. The topological polar surface area (TPSA) is 56.1 Å². The number of nitrogens with zero attached hydrogens (tertiary/aromatic N) is 2. The standard InChI is InChI=1S/C19H23F2N3O2/c1-10-8-11-13(6-7-14(26-5)15(11)19(10,2)3)22-18(25)12-9-24(4)23-16(12)17(20)21/h6-7,9-10,17H,8H2,1-5H3,(H,22,25). The molecule has 3 rings (SSSR count). The van der Waals surface area contributed by atoms with E-state index in [-0.39, 0.29) is 11.0 Å². The molecule has 140 valence electrons. The monoisotopic (exact) mass is 363 g/mol. The van der Waals surface area contributed by atoms with Crippen molar-refractivity contribution in [1.29, 1.82) is 0 Å². The molecule has 1 unspecified atom stereocenters. The predicted octanol–water partition coefficient (Wildman–Crippen LogP) is 4.09. The molecule has 1 aliphatic rings. The fourth-order valence-electron chi connectivity index (χ4n) is 3.67. The Hall–Kier alpha value is -2.44. The molecule has 1 amide bonds. The van der Waals surface area contributed by atoms with E-state index in [1.807, 2.05) is 6.07 Å². The van der Waals surface area contributed by atoms with Crippen molar-refractivity contribution in [3.8, 4) is 5.75 Å². The summed E-state index contributed by atoms with van der Waals surface area (Å²) in [5.74, 6) is 0.555. The number of carbonyl (C=O) groups excluding carboxylic acids is 1. The molecule has 0 bridgehead atoms. The van der Waals surface area contributed by atoms with E-state index < -0.39 is 18.0 Å². The van der Waals surface area contributed by atoms with Crippen molar-refractivity contribution in [2.24, 2.45) is 13.0 Å². The number of aromatic nitrogens is 2. The molecule has 0 saturated carbocycles. The van der Waals surface area contributed by atoms with Gasteiger partial charge in [-0.1, -0.05) is 20.8 Å². The minimum atomic E-state index is -2.81. The second-order valence-electron chi connectivity index (χ2n) is 7.35. The lowest BCUT2D eigenvalue weighted by Gasteiger charge is -2.26. The summed E-state index contributed by atoms with van der Waals surface area (Å²) in [5, 5.41) is 6.49. The normalized spacial score (nSPS) is 18.1. The molecule has 0 saturated heterocycles. The number of halogens is 2. The lowest BCUT2D eigenvalue weighted by molar-refractivity contribution is 0.101. The summed E-state index contributed by atoms with van der Waals surface area (Å²) in [5.41, 5.74) is 1.96.